The predicted octanol–water partition coefficient (Wildman–Crippen LogP) is 2.06. The van der Waals surface area contributed by atoms with Gasteiger partial charge in [-0.3, -0.25) is 4.72 Å². The van der Waals surface area contributed by atoms with Gasteiger partial charge in [0.2, 0.25) is 0 Å². The fraction of sp³-hybridized carbons (Fsp3) is 0.500. The Morgan fingerprint density at radius 2 is 2.20 bits per heavy atom. The molecule has 0 bridgehead atoms. The Morgan fingerprint density at radius 1 is 1.45 bits per heavy atom. The molecule has 1 unspecified atom stereocenters. The van der Waals surface area contributed by atoms with Gasteiger partial charge in [0.1, 0.15) is 5.82 Å². The van der Waals surface area contributed by atoms with Crippen LogP contribution in [0.2, 0.25) is 0 Å². The molecule has 0 saturated carbocycles. The lowest BCUT2D eigenvalue weighted by atomic mass is 10.1. The molecule has 1 aliphatic rings. The molecule has 112 valence electrons. The summed E-state index contributed by atoms with van der Waals surface area (Å²) < 4.78 is 42.6. The van der Waals surface area contributed by atoms with E-state index in [0.29, 0.717) is 11.0 Å². The molecule has 1 atom stereocenters. The fourth-order valence-corrected chi connectivity index (χ4v) is 4.14. The number of piperidine rings is 1. The molecule has 0 spiro atoms. The summed E-state index contributed by atoms with van der Waals surface area (Å²) in [4.78, 5) is 0. The molecule has 1 aromatic rings. The van der Waals surface area contributed by atoms with Crippen LogP contribution in [0.15, 0.2) is 22.7 Å². The van der Waals surface area contributed by atoms with Gasteiger partial charge in [-0.15, -0.1) is 0 Å². The molecule has 2 rings (SSSR count). The van der Waals surface area contributed by atoms with Gasteiger partial charge in [0.15, 0.2) is 0 Å². The van der Waals surface area contributed by atoms with Crippen LogP contribution in [0.25, 0.3) is 0 Å². The zero-order valence-corrected chi connectivity index (χ0v) is 13.3. The highest BCUT2D eigenvalue weighted by atomic mass is 79.9. The van der Waals surface area contributed by atoms with Crippen molar-refractivity contribution in [2.24, 2.45) is 5.73 Å². The quantitative estimate of drug-likeness (QED) is 0.857. The summed E-state index contributed by atoms with van der Waals surface area (Å²) >= 11 is 3.13. The molecule has 1 saturated heterocycles. The largest absolute Gasteiger partial charge is 0.329 e. The Bertz CT molecular complexity index is 582. The number of rotatable bonds is 4. The molecule has 1 aromatic carbocycles. The van der Waals surface area contributed by atoms with E-state index >= 15 is 0 Å². The van der Waals surface area contributed by atoms with Gasteiger partial charge in [0.25, 0.3) is 0 Å². The Labute approximate surface area is 126 Å². The van der Waals surface area contributed by atoms with Crippen molar-refractivity contribution in [3.63, 3.8) is 0 Å². The Kier molecular flexibility index (Phi) is 5.00. The summed E-state index contributed by atoms with van der Waals surface area (Å²) in [7, 11) is -3.78. The lowest BCUT2D eigenvalue weighted by Gasteiger charge is -2.33. The number of benzene rings is 1. The second kappa shape index (κ2) is 6.38. The standard InChI is InChI=1S/C12H17BrFN3O2S/c13-9-4-5-12(11(14)7-9)16-20(18,19)17-6-2-1-3-10(17)8-15/h4-5,7,10,16H,1-3,6,8,15H2. The maximum atomic E-state index is 13.7. The second-order valence-electron chi connectivity index (χ2n) is 4.73. The van der Waals surface area contributed by atoms with E-state index in [1.807, 2.05) is 0 Å². The smallest absolute Gasteiger partial charge is 0.302 e. The first-order valence-corrected chi connectivity index (χ1v) is 8.62. The summed E-state index contributed by atoms with van der Waals surface area (Å²) in [5.41, 5.74) is 5.56. The van der Waals surface area contributed by atoms with Gasteiger partial charge in [0, 0.05) is 23.6 Å². The number of hydrogen-bond donors (Lipinski definition) is 2. The summed E-state index contributed by atoms with van der Waals surface area (Å²) in [5, 5.41) is 0. The van der Waals surface area contributed by atoms with Crippen LogP contribution in [0.4, 0.5) is 10.1 Å². The van der Waals surface area contributed by atoms with Gasteiger partial charge in [0.05, 0.1) is 5.69 Å². The van der Waals surface area contributed by atoms with Gasteiger partial charge in [-0.05, 0) is 31.0 Å². The number of nitrogens with two attached hydrogens (primary N) is 1. The van der Waals surface area contributed by atoms with Gasteiger partial charge >= 0.3 is 10.2 Å². The summed E-state index contributed by atoms with van der Waals surface area (Å²) in [6.07, 6.45) is 2.49. The van der Waals surface area contributed by atoms with E-state index in [1.54, 1.807) is 6.07 Å². The molecule has 8 heteroatoms. The number of nitrogens with one attached hydrogen (secondary N) is 1. The van der Waals surface area contributed by atoms with E-state index in [4.69, 9.17) is 5.73 Å². The molecule has 5 nitrogen and oxygen atoms in total. The molecule has 0 radical (unpaired) electrons. The highest BCUT2D eigenvalue weighted by Crippen LogP contribution is 2.24. The van der Waals surface area contributed by atoms with E-state index in [0.717, 1.165) is 19.3 Å². The average molecular weight is 366 g/mol. The van der Waals surface area contributed by atoms with Crippen LogP contribution in [0.5, 0.6) is 0 Å². The van der Waals surface area contributed by atoms with Crippen molar-refractivity contribution in [2.45, 2.75) is 25.3 Å². The van der Waals surface area contributed by atoms with Gasteiger partial charge in [-0.2, -0.15) is 12.7 Å². The molecule has 1 fully saturated rings. The zero-order chi connectivity index (χ0) is 14.8. The van der Waals surface area contributed by atoms with Gasteiger partial charge < -0.3 is 5.73 Å². The van der Waals surface area contributed by atoms with E-state index < -0.39 is 16.0 Å². The topological polar surface area (TPSA) is 75.4 Å². The number of anilines is 1. The monoisotopic (exact) mass is 365 g/mol. The van der Waals surface area contributed by atoms with E-state index in [1.165, 1.54) is 16.4 Å². The third kappa shape index (κ3) is 3.49. The Hall–Kier alpha value is -0.700. The van der Waals surface area contributed by atoms with Crippen LogP contribution in [-0.4, -0.2) is 31.9 Å². The minimum atomic E-state index is -3.78. The summed E-state index contributed by atoms with van der Waals surface area (Å²) in [6.45, 7) is 0.680. The molecular weight excluding hydrogens is 349 g/mol. The first kappa shape index (κ1) is 15.7. The highest BCUT2D eigenvalue weighted by molar-refractivity contribution is 9.10. The van der Waals surface area contributed by atoms with Crippen molar-refractivity contribution < 1.29 is 12.8 Å². The lowest BCUT2D eigenvalue weighted by Crippen LogP contribution is -2.49. The average Bonchev–Trinajstić information content (AvgIpc) is 2.42. The van der Waals surface area contributed by atoms with Crippen molar-refractivity contribution in [1.29, 1.82) is 0 Å². The number of nitrogens with zero attached hydrogens (tertiary/aromatic N) is 1. The number of halogens is 2. The number of hydrogen-bond acceptors (Lipinski definition) is 3. The zero-order valence-electron chi connectivity index (χ0n) is 10.9. The third-order valence-electron chi connectivity index (χ3n) is 3.32. The van der Waals surface area contributed by atoms with Crippen LogP contribution >= 0.6 is 15.9 Å². The second-order valence-corrected chi connectivity index (χ2v) is 7.27. The van der Waals surface area contributed by atoms with Crippen LogP contribution in [-0.2, 0) is 10.2 Å². The highest BCUT2D eigenvalue weighted by Gasteiger charge is 2.31. The third-order valence-corrected chi connectivity index (χ3v) is 5.39. The van der Waals surface area contributed by atoms with Gasteiger partial charge in [-0.25, -0.2) is 4.39 Å². The van der Waals surface area contributed by atoms with E-state index in [9.17, 15) is 12.8 Å². The minimum Gasteiger partial charge on any atom is -0.329 e. The normalized spacial score (nSPS) is 20.9. The Balaban J connectivity index is 2.21. The van der Waals surface area contributed by atoms with Crippen molar-refractivity contribution in [3.05, 3.63) is 28.5 Å². The molecule has 1 heterocycles. The van der Waals surface area contributed by atoms with E-state index in [-0.39, 0.29) is 18.3 Å². The first-order chi connectivity index (χ1) is 9.44. The summed E-state index contributed by atoms with van der Waals surface area (Å²) in [6, 6.07) is 3.96. The fourth-order valence-electron chi connectivity index (χ4n) is 2.30. The lowest BCUT2D eigenvalue weighted by molar-refractivity contribution is 0.259. The molecule has 1 aliphatic heterocycles. The van der Waals surface area contributed by atoms with Crippen molar-refractivity contribution in [1.82, 2.24) is 4.31 Å². The molecule has 3 N–H and O–H groups in total. The minimum absolute atomic E-state index is 0.0606. The van der Waals surface area contributed by atoms with Gasteiger partial charge in [-0.1, -0.05) is 22.4 Å². The van der Waals surface area contributed by atoms with Crippen LogP contribution in [0, 0.1) is 5.82 Å². The van der Waals surface area contributed by atoms with Crippen molar-refractivity contribution in [2.75, 3.05) is 17.8 Å². The summed E-state index contributed by atoms with van der Waals surface area (Å²) in [5.74, 6) is -0.621. The maximum absolute atomic E-state index is 13.7. The molecule has 20 heavy (non-hydrogen) atoms. The van der Waals surface area contributed by atoms with Crippen LogP contribution in [0.3, 0.4) is 0 Å². The van der Waals surface area contributed by atoms with E-state index in [2.05, 4.69) is 20.7 Å². The maximum Gasteiger partial charge on any atom is 0.302 e. The Morgan fingerprint density at radius 3 is 2.85 bits per heavy atom. The predicted molar refractivity (Wildman–Crippen MR) is 80.0 cm³/mol. The first-order valence-electron chi connectivity index (χ1n) is 6.39. The molecule has 0 aromatic heterocycles. The van der Waals surface area contributed by atoms with Crippen molar-refractivity contribution >= 4 is 31.8 Å². The van der Waals surface area contributed by atoms with Crippen molar-refractivity contribution in [3.8, 4) is 0 Å². The molecule has 0 aliphatic carbocycles. The molecular formula is C12H17BrFN3O2S. The van der Waals surface area contributed by atoms with Crippen LogP contribution < -0.4 is 10.5 Å². The SMILES string of the molecule is NCC1CCCCN1S(=O)(=O)Nc1ccc(Br)cc1F. The molecule has 0 amide bonds. The van der Waals surface area contributed by atoms with Crippen LogP contribution in [0.1, 0.15) is 19.3 Å².